The zero-order valence-electron chi connectivity index (χ0n) is 11.8. The number of halogens is 2. The first-order valence-electron chi connectivity index (χ1n) is 6.78. The van der Waals surface area contributed by atoms with E-state index in [9.17, 15) is 4.79 Å². The van der Waals surface area contributed by atoms with Crippen LogP contribution in [-0.4, -0.2) is 5.91 Å². The van der Waals surface area contributed by atoms with Crippen molar-refractivity contribution in [3.63, 3.8) is 0 Å². The van der Waals surface area contributed by atoms with Crippen molar-refractivity contribution in [3.8, 4) is 0 Å². The number of amides is 1. The van der Waals surface area contributed by atoms with Gasteiger partial charge in [-0.15, -0.1) is 11.6 Å². The zero-order valence-corrected chi connectivity index (χ0v) is 13.3. The van der Waals surface area contributed by atoms with Crippen molar-refractivity contribution in [1.82, 2.24) is 0 Å². The summed E-state index contributed by atoms with van der Waals surface area (Å²) in [5.74, 6) is -0.00395. The molecule has 1 amide bonds. The van der Waals surface area contributed by atoms with Gasteiger partial charge in [0, 0.05) is 10.7 Å². The van der Waals surface area contributed by atoms with E-state index in [-0.39, 0.29) is 11.3 Å². The zero-order chi connectivity index (χ0) is 15.1. The molecule has 2 nitrogen and oxygen atoms in total. The number of alkyl halides is 1. The second-order valence-corrected chi connectivity index (χ2v) is 6.38. The van der Waals surface area contributed by atoms with Gasteiger partial charge in [0.25, 0.3) is 0 Å². The molecule has 0 saturated heterocycles. The van der Waals surface area contributed by atoms with Crippen LogP contribution < -0.4 is 5.32 Å². The van der Waals surface area contributed by atoms with Crippen LogP contribution in [-0.2, 0) is 11.2 Å². The monoisotopic (exact) mass is 319 g/mol. The molecule has 0 bridgehead atoms. The molecule has 2 aromatic carbocycles. The van der Waals surface area contributed by atoms with Gasteiger partial charge < -0.3 is 5.32 Å². The summed E-state index contributed by atoms with van der Waals surface area (Å²) in [4.78, 5) is 11.5. The lowest BCUT2D eigenvalue weighted by atomic mass is 9.98. The number of hydrogen-bond donors (Lipinski definition) is 1. The van der Waals surface area contributed by atoms with E-state index in [0.29, 0.717) is 11.4 Å². The van der Waals surface area contributed by atoms with Crippen LogP contribution in [0, 0.1) is 13.8 Å². The van der Waals surface area contributed by atoms with E-state index < -0.39 is 0 Å². The number of hydrogen-bond acceptors (Lipinski definition) is 1. The number of carbonyl (C=O) groups excluding carboxylic acids is 1. The molecule has 0 aromatic heterocycles. The van der Waals surface area contributed by atoms with E-state index in [2.05, 4.69) is 23.5 Å². The molecule has 1 aliphatic heterocycles. The first-order chi connectivity index (χ1) is 9.94. The summed E-state index contributed by atoms with van der Waals surface area (Å²) < 4.78 is 0. The van der Waals surface area contributed by atoms with Crippen molar-refractivity contribution in [2.45, 2.75) is 25.6 Å². The van der Waals surface area contributed by atoms with Crippen molar-refractivity contribution in [1.29, 1.82) is 0 Å². The molecule has 3 rings (SSSR count). The van der Waals surface area contributed by atoms with Crippen LogP contribution in [0.5, 0.6) is 0 Å². The maximum Gasteiger partial charge on any atom is 0.228 e. The molecule has 1 atom stereocenters. The predicted octanol–water partition coefficient (Wildman–Crippen LogP) is 4.78. The standard InChI is InChI=1S/C17H15Cl2NO/c1-9-3-10(2)5-12(4-9)17(19)13-6-11-7-16(21)20-15(11)8-14(13)18/h3-6,8,17H,7H2,1-2H3,(H,20,21). The molecule has 1 N–H and O–H groups in total. The molecule has 2 aromatic rings. The lowest BCUT2D eigenvalue weighted by Crippen LogP contribution is -2.03. The summed E-state index contributed by atoms with van der Waals surface area (Å²) in [6, 6.07) is 9.97. The molecule has 0 fully saturated rings. The van der Waals surface area contributed by atoms with Gasteiger partial charge in [0.1, 0.15) is 0 Å². The van der Waals surface area contributed by atoms with Gasteiger partial charge in [0.15, 0.2) is 0 Å². The lowest BCUT2D eigenvalue weighted by Gasteiger charge is -2.15. The van der Waals surface area contributed by atoms with Crippen molar-refractivity contribution in [3.05, 3.63) is 63.2 Å². The third-order valence-corrected chi connectivity index (χ3v) is 4.47. The van der Waals surface area contributed by atoms with Crippen LogP contribution in [0.15, 0.2) is 30.3 Å². The Hall–Kier alpha value is -1.51. The molecule has 1 aliphatic rings. The largest absolute Gasteiger partial charge is 0.325 e. The van der Waals surface area contributed by atoms with Crippen LogP contribution in [0.1, 0.15) is 33.2 Å². The summed E-state index contributed by atoms with van der Waals surface area (Å²) in [6.07, 6.45) is 0.385. The van der Waals surface area contributed by atoms with E-state index in [1.807, 2.05) is 19.9 Å². The molecule has 0 spiro atoms. The third kappa shape index (κ3) is 2.78. The normalized spacial score (nSPS) is 14.8. The number of nitrogens with one attached hydrogen (secondary N) is 1. The summed E-state index contributed by atoms with van der Waals surface area (Å²) in [6.45, 7) is 4.10. The average molecular weight is 320 g/mol. The molecule has 4 heteroatoms. The minimum absolute atomic E-state index is 0.00395. The maximum atomic E-state index is 11.5. The van der Waals surface area contributed by atoms with Crippen LogP contribution in [0.2, 0.25) is 5.02 Å². The maximum absolute atomic E-state index is 11.5. The Labute approximate surface area is 134 Å². The second-order valence-electron chi connectivity index (χ2n) is 5.54. The predicted molar refractivity (Wildman–Crippen MR) is 87.4 cm³/mol. The van der Waals surface area contributed by atoms with Crippen molar-refractivity contribution >= 4 is 34.8 Å². The van der Waals surface area contributed by atoms with Gasteiger partial charge in [-0.25, -0.2) is 0 Å². The van der Waals surface area contributed by atoms with Crippen LogP contribution in [0.25, 0.3) is 0 Å². The summed E-state index contributed by atoms with van der Waals surface area (Å²) in [7, 11) is 0. The Bertz CT molecular complexity index is 720. The van der Waals surface area contributed by atoms with Gasteiger partial charge in [0.05, 0.1) is 11.8 Å². The van der Waals surface area contributed by atoms with Gasteiger partial charge in [-0.3, -0.25) is 4.79 Å². The quantitative estimate of drug-likeness (QED) is 0.793. The molecule has 0 radical (unpaired) electrons. The molecule has 0 saturated carbocycles. The van der Waals surface area contributed by atoms with Gasteiger partial charge in [-0.1, -0.05) is 40.9 Å². The molecular formula is C17H15Cl2NO. The average Bonchev–Trinajstić information content (AvgIpc) is 2.75. The fourth-order valence-electron chi connectivity index (χ4n) is 2.80. The molecule has 0 aliphatic carbocycles. The van der Waals surface area contributed by atoms with Gasteiger partial charge in [-0.05, 0) is 42.7 Å². The number of aryl methyl sites for hydroxylation is 2. The van der Waals surface area contributed by atoms with E-state index in [0.717, 1.165) is 22.4 Å². The topological polar surface area (TPSA) is 29.1 Å². The Morgan fingerprint density at radius 2 is 1.76 bits per heavy atom. The molecule has 21 heavy (non-hydrogen) atoms. The summed E-state index contributed by atoms with van der Waals surface area (Å²) in [5.41, 5.74) is 5.95. The molecular weight excluding hydrogens is 305 g/mol. The summed E-state index contributed by atoms with van der Waals surface area (Å²) >= 11 is 13.0. The first kappa shape index (κ1) is 14.4. The van der Waals surface area contributed by atoms with Gasteiger partial charge >= 0.3 is 0 Å². The second kappa shape index (κ2) is 5.36. The fraction of sp³-hybridized carbons (Fsp3) is 0.235. The third-order valence-electron chi connectivity index (χ3n) is 3.66. The fourth-order valence-corrected chi connectivity index (χ4v) is 3.43. The number of rotatable bonds is 2. The van der Waals surface area contributed by atoms with E-state index in [4.69, 9.17) is 23.2 Å². The molecule has 1 unspecified atom stereocenters. The van der Waals surface area contributed by atoms with Crippen molar-refractivity contribution < 1.29 is 4.79 Å². The Balaban J connectivity index is 2.04. The van der Waals surface area contributed by atoms with E-state index in [1.165, 1.54) is 11.1 Å². The highest BCUT2D eigenvalue weighted by Gasteiger charge is 2.23. The number of fused-ring (bicyclic) bond motifs is 1. The van der Waals surface area contributed by atoms with E-state index in [1.54, 1.807) is 6.07 Å². The smallest absolute Gasteiger partial charge is 0.228 e. The van der Waals surface area contributed by atoms with Crippen molar-refractivity contribution in [2.24, 2.45) is 0 Å². The van der Waals surface area contributed by atoms with Crippen LogP contribution in [0.4, 0.5) is 5.69 Å². The van der Waals surface area contributed by atoms with Gasteiger partial charge in [-0.2, -0.15) is 0 Å². The van der Waals surface area contributed by atoms with Crippen LogP contribution in [0.3, 0.4) is 0 Å². The number of benzene rings is 2. The SMILES string of the molecule is Cc1cc(C)cc(C(Cl)c2cc3c(cc2Cl)NC(=O)C3)c1. The first-order valence-corrected chi connectivity index (χ1v) is 7.60. The Kier molecular flexibility index (Phi) is 3.68. The van der Waals surface area contributed by atoms with Gasteiger partial charge in [0.2, 0.25) is 5.91 Å². The molecule has 1 heterocycles. The summed E-state index contributed by atoms with van der Waals surface area (Å²) in [5, 5.41) is 3.05. The number of carbonyl (C=O) groups is 1. The Morgan fingerprint density at radius 1 is 1.10 bits per heavy atom. The lowest BCUT2D eigenvalue weighted by molar-refractivity contribution is -0.115. The van der Waals surface area contributed by atoms with E-state index >= 15 is 0 Å². The highest BCUT2D eigenvalue weighted by atomic mass is 35.5. The minimum atomic E-state index is -0.322. The number of anilines is 1. The highest BCUT2D eigenvalue weighted by Crippen LogP contribution is 2.38. The van der Waals surface area contributed by atoms with Crippen LogP contribution >= 0.6 is 23.2 Å². The Morgan fingerprint density at radius 3 is 2.43 bits per heavy atom. The highest BCUT2D eigenvalue weighted by molar-refractivity contribution is 6.33. The minimum Gasteiger partial charge on any atom is -0.325 e. The molecule has 108 valence electrons. The van der Waals surface area contributed by atoms with Crippen molar-refractivity contribution in [2.75, 3.05) is 5.32 Å².